The molecule has 0 aliphatic carbocycles. The van der Waals surface area contributed by atoms with Gasteiger partial charge in [-0.1, -0.05) is 6.92 Å². The van der Waals surface area contributed by atoms with Crippen molar-refractivity contribution in [3.05, 3.63) is 21.9 Å². The summed E-state index contributed by atoms with van der Waals surface area (Å²) < 4.78 is 0. The Morgan fingerprint density at radius 1 is 1.55 bits per heavy atom. The van der Waals surface area contributed by atoms with Crippen molar-refractivity contribution < 1.29 is 14.7 Å². The Labute approximate surface area is 122 Å². The van der Waals surface area contributed by atoms with Crippen molar-refractivity contribution in [2.24, 2.45) is 0 Å². The van der Waals surface area contributed by atoms with Crippen LogP contribution in [0.15, 0.2) is 11.4 Å². The van der Waals surface area contributed by atoms with Gasteiger partial charge in [0.25, 0.3) is 0 Å². The summed E-state index contributed by atoms with van der Waals surface area (Å²) in [5.41, 5.74) is 0.171. The Morgan fingerprint density at radius 2 is 2.30 bits per heavy atom. The Kier molecular flexibility index (Phi) is 4.45. The van der Waals surface area contributed by atoms with Crippen LogP contribution in [0.4, 0.5) is 0 Å². The molecule has 1 aromatic heterocycles. The Hall–Kier alpha value is -1.40. The van der Waals surface area contributed by atoms with Crippen LogP contribution >= 0.6 is 11.3 Å². The van der Waals surface area contributed by atoms with E-state index < -0.39 is 11.5 Å². The number of carboxylic acid groups (broad SMARTS) is 1. The first-order chi connectivity index (χ1) is 9.46. The summed E-state index contributed by atoms with van der Waals surface area (Å²) in [6.45, 7) is 4.81. The first kappa shape index (κ1) is 15.0. The molecule has 2 N–H and O–H groups in total. The van der Waals surface area contributed by atoms with Crippen LogP contribution in [-0.2, 0) is 22.6 Å². The van der Waals surface area contributed by atoms with Crippen molar-refractivity contribution >= 4 is 23.2 Å². The van der Waals surface area contributed by atoms with Gasteiger partial charge in [0.05, 0.1) is 6.54 Å². The van der Waals surface area contributed by atoms with E-state index >= 15 is 0 Å². The molecule has 1 atom stereocenters. The number of carbonyl (C=O) groups excluding carboxylic acids is 1. The smallest absolute Gasteiger partial charge is 0.323 e. The summed E-state index contributed by atoms with van der Waals surface area (Å²) in [6.07, 6.45) is 1.33. The molecule has 1 unspecified atom stereocenters. The number of fused-ring (bicyclic) bond motifs is 1. The predicted octanol–water partition coefficient (Wildman–Crippen LogP) is 1.48. The van der Waals surface area contributed by atoms with Crippen molar-refractivity contribution in [2.45, 2.75) is 38.8 Å². The van der Waals surface area contributed by atoms with Crippen LogP contribution in [0.1, 0.15) is 30.7 Å². The van der Waals surface area contributed by atoms with Gasteiger partial charge >= 0.3 is 5.97 Å². The van der Waals surface area contributed by atoms with Crippen molar-refractivity contribution in [1.29, 1.82) is 0 Å². The first-order valence-electron chi connectivity index (χ1n) is 6.77. The molecule has 0 saturated heterocycles. The molecule has 1 aromatic rings. The molecule has 5 nitrogen and oxygen atoms in total. The van der Waals surface area contributed by atoms with Gasteiger partial charge in [-0.25, -0.2) is 0 Å². The zero-order chi connectivity index (χ0) is 14.8. The van der Waals surface area contributed by atoms with Gasteiger partial charge in [-0.05, 0) is 36.8 Å². The molecule has 0 bridgehead atoms. The van der Waals surface area contributed by atoms with Crippen molar-refractivity contribution in [3.63, 3.8) is 0 Å². The third-order valence-electron chi connectivity index (χ3n) is 3.97. The number of rotatable bonds is 5. The van der Waals surface area contributed by atoms with Crippen molar-refractivity contribution in [2.75, 3.05) is 13.1 Å². The number of amides is 1. The molecule has 2 rings (SSSR count). The number of thiophene rings is 1. The number of nitrogens with zero attached hydrogens (tertiary/aromatic N) is 1. The number of carboxylic acids is 1. The van der Waals surface area contributed by atoms with E-state index in [-0.39, 0.29) is 12.5 Å². The average molecular weight is 296 g/mol. The van der Waals surface area contributed by atoms with E-state index in [2.05, 4.69) is 16.8 Å². The minimum atomic E-state index is -1.04. The predicted molar refractivity (Wildman–Crippen MR) is 77.8 cm³/mol. The monoisotopic (exact) mass is 296 g/mol. The van der Waals surface area contributed by atoms with Gasteiger partial charge in [0.1, 0.15) is 5.54 Å². The molecule has 2 heterocycles. The van der Waals surface area contributed by atoms with Crippen LogP contribution in [-0.4, -0.2) is 40.5 Å². The molecule has 20 heavy (non-hydrogen) atoms. The average Bonchev–Trinajstić information content (AvgIpc) is 2.91. The van der Waals surface area contributed by atoms with E-state index in [1.54, 1.807) is 30.1 Å². The lowest BCUT2D eigenvalue weighted by atomic mass is 9.99. The maximum atomic E-state index is 12.2. The van der Waals surface area contributed by atoms with Gasteiger partial charge in [0, 0.05) is 18.0 Å². The van der Waals surface area contributed by atoms with Crippen LogP contribution in [0.3, 0.4) is 0 Å². The zero-order valence-electron chi connectivity index (χ0n) is 11.8. The summed E-state index contributed by atoms with van der Waals surface area (Å²) in [6, 6.07) is 2.06. The van der Waals surface area contributed by atoms with Crippen LogP contribution in [0, 0.1) is 0 Å². The Bertz CT molecular complexity index is 514. The second-order valence-electron chi connectivity index (χ2n) is 5.28. The lowest BCUT2D eigenvalue weighted by Gasteiger charge is -2.30. The maximum absolute atomic E-state index is 12.2. The first-order valence-corrected chi connectivity index (χ1v) is 7.65. The molecule has 1 aliphatic heterocycles. The molecule has 0 radical (unpaired) electrons. The molecule has 0 spiro atoms. The third-order valence-corrected chi connectivity index (χ3v) is 4.99. The van der Waals surface area contributed by atoms with E-state index in [4.69, 9.17) is 0 Å². The topological polar surface area (TPSA) is 69.6 Å². The molecular weight excluding hydrogens is 276 g/mol. The van der Waals surface area contributed by atoms with Gasteiger partial charge in [-0.3, -0.25) is 14.9 Å². The minimum absolute atomic E-state index is 0.0391. The number of aliphatic carboxylic acids is 1. The highest BCUT2D eigenvalue weighted by atomic mass is 32.1. The highest BCUT2D eigenvalue weighted by molar-refractivity contribution is 7.10. The van der Waals surface area contributed by atoms with Crippen LogP contribution in [0.5, 0.6) is 0 Å². The minimum Gasteiger partial charge on any atom is -0.480 e. The highest BCUT2D eigenvalue weighted by Gasteiger charge is 2.32. The van der Waals surface area contributed by atoms with E-state index in [1.807, 2.05) is 0 Å². The molecule has 110 valence electrons. The van der Waals surface area contributed by atoms with Crippen molar-refractivity contribution in [1.82, 2.24) is 10.2 Å². The number of hydrogen-bond acceptors (Lipinski definition) is 4. The number of nitrogens with one attached hydrogen (secondary N) is 1. The van der Waals surface area contributed by atoms with Crippen LogP contribution in [0.2, 0.25) is 0 Å². The fraction of sp³-hybridized carbons (Fsp3) is 0.571. The largest absolute Gasteiger partial charge is 0.480 e. The molecule has 0 saturated carbocycles. The lowest BCUT2D eigenvalue weighted by molar-refractivity contribution is -0.144. The van der Waals surface area contributed by atoms with Gasteiger partial charge < -0.3 is 10.0 Å². The van der Waals surface area contributed by atoms with Gasteiger partial charge in [0.15, 0.2) is 0 Å². The molecular formula is C14H20N2O3S. The van der Waals surface area contributed by atoms with Crippen molar-refractivity contribution in [3.8, 4) is 0 Å². The molecule has 0 aromatic carbocycles. The number of carbonyl (C=O) groups is 2. The van der Waals surface area contributed by atoms with E-state index in [9.17, 15) is 14.7 Å². The fourth-order valence-electron chi connectivity index (χ4n) is 2.20. The molecule has 1 aliphatic rings. The summed E-state index contributed by atoms with van der Waals surface area (Å²) in [4.78, 5) is 26.5. The Balaban J connectivity index is 1.92. The molecule has 0 fully saturated rings. The lowest BCUT2D eigenvalue weighted by Crippen LogP contribution is -2.53. The standard InChI is InChI=1S/C14H20N2O3S/c1-3-14(2,13(18)19)15-8-12(17)16-6-4-11-10(9-16)5-7-20-11/h5,7,15H,3-4,6,8-9H2,1-2H3,(H,18,19). The Morgan fingerprint density at radius 3 is 2.95 bits per heavy atom. The number of hydrogen-bond donors (Lipinski definition) is 2. The fourth-order valence-corrected chi connectivity index (χ4v) is 3.09. The zero-order valence-corrected chi connectivity index (χ0v) is 12.6. The van der Waals surface area contributed by atoms with Gasteiger partial charge in [-0.2, -0.15) is 0 Å². The summed E-state index contributed by atoms with van der Waals surface area (Å²) in [7, 11) is 0. The second kappa shape index (κ2) is 5.93. The van der Waals surface area contributed by atoms with Crippen LogP contribution < -0.4 is 5.32 Å². The van der Waals surface area contributed by atoms with Gasteiger partial charge in [-0.15, -0.1) is 11.3 Å². The summed E-state index contributed by atoms with van der Waals surface area (Å²) in [5, 5.41) is 14.1. The summed E-state index contributed by atoms with van der Waals surface area (Å²) in [5.74, 6) is -0.964. The molecule has 1 amide bonds. The third kappa shape index (κ3) is 3.02. The van der Waals surface area contributed by atoms with E-state index in [1.165, 1.54) is 10.4 Å². The van der Waals surface area contributed by atoms with E-state index in [0.29, 0.717) is 19.5 Å². The van der Waals surface area contributed by atoms with Gasteiger partial charge in [0.2, 0.25) is 5.91 Å². The highest BCUT2D eigenvalue weighted by Crippen LogP contribution is 2.23. The second-order valence-corrected chi connectivity index (χ2v) is 6.28. The summed E-state index contributed by atoms with van der Waals surface area (Å²) >= 11 is 1.73. The van der Waals surface area contributed by atoms with Crippen LogP contribution in [0.25, 0.3) is 0 Å². The SMILES string of the molecule is CCC(C)(NCC(=O)N1CCc2sccc2C1)C(=O)O. The van der Waals surface area contributed by atoms with E-state index in [0.717, 1.165) is 6.42 Å². The normalized spacial score (nSPS) is 17.4. The quantitative estimate of drug-likeness (QED) is 0.863. The molecule has 6 heteroatoms. The maximum Gasteiger partial charge on any atom is 0.323 e.